The number of amides is 2. The van der Waals surface area contributed by atoms with Gasteiger partial charge in [0.05, 0.1) is 40.5 Å². The molecule has 0 spiro atoms. The highest BCUT2D eigenvalue weighted by atomic mass is 32.2. The van der Waals surface area contributed by atoms with Crippen molar-refractivity contribution in [1.29, 1.82) is 0 Å². The van der Waals surface area contributed by atoms with E-state index in [4.69, 9.17) is 9.47 Å². The van der Waals surface area contributed by atoms with Gasteiger partial charge in [0.1, 0.15) is 6.54 Å². The maximum Gasteiger partial charge on any atom is 0.338 e. The lowest BCUT2D eigenvalue weighted by molar-refractivity contribution is -0.143. The second-order valence-corrected chi connectivity index (χ2v) is 10.1. The van der Waals surface area contributed by atoms with Gasteiger partial charge in [-0.25, -0.2) is 4.79 Å². The van der Waals surface area contributed by atoms with Gasteiger partial charge in [0, 0.05) is 12.2 Å². The lowest BCUT2D eigenvalue weighted by atomic mass is 10.2. The largest absolute Gasteiger partial charge is 0.465 e. The van der Waals surface area contributed by atoms with E-state index in [0.717, 1.165) is 17.7 Å². The number of nitrogens with zero attached hydrogens (tertiary/aromatic N) is 3. The number of thioether (sulfide) groups is 1. The number of fused-ring (bicyclic) bond motifs is 2. The van der Waals surface area contributed by atoms with E-state index in [9.17, 15) is 19.2 Å². The van der Waals surface area contributed by atoms with Crippen molar-refractivity contribution in [2.75, 3.05) is 36.2 Å². The highest BCUT2D eigenvalue weighted by Crippen LogP contribution is 2.28. The summed E-state index contributed by atoms with van der Waals surface area (Å²) in [4.78, 5) is 56.1. The number of hydrogen-bond donors (Lipinski definition) is 0. The second-order valence-electron chi connectivity index (χ2n) is 8.10. The van der Waals surface area contributed by atoms with Gasteiger partial charge >= 0.3 is 11.9 Å². The molecule has 0 saturated carbocycles. The number of aromatic nitrogens is 1. The van der Waals surface area contributed by atoms with E-state index >= 15 is 0 Å². The van der Waals surface area contributed by atoms with Gasteiger partial charge in [0.25, 0.3) is 5.91 Å². The number of benzene rings is 2. The van der Waals surface area contributed by atoms with Crippen LogP contribution in [0.2, 0.25) is 0 Å². The Labute approximate surface area is 222 Å². The number of ether oxygens (including phenoxy) is 2. The Hall–Kier alpha value is -3.44. The molecular formula is C26H27N3O6S2. The molecule has 2 heterocycles. The normalized spacial score (nSPS) is 13.0. The van der Waals surface area contributed by atoms with Crippen LogP contribution in [0.3, 0.4) is 0 Å². The van der Waals surface area contributed by atoms with Gasteiger partial charge in [-0.2, -0.15) is 4.99 Å². The molecule has 0 fully saturated rings. The third-order valence-corrected chi connectivity index (χ3v) is 7.59. The molecule has 2 amide bonds. The van der Waals surface area contributed by atoms with Crippen LogP contribution >= 0.6 is 23.1 Å². The van der Waals surface area contributed by atoms with E-state index in [1.54, 1.807) is 41.5 Å². The molecule has 0 aliphatic carbocycles. The van der Waals surface area contributed by atoms with Gasteiger partial charge in [-0.05, 0) is 50.1 Å². The zero-order valence-corrected chi connectivity index (χ0v) is 22.2. The average Bonchev–Trinajstić information content (AvgIpc) is 3.45. The van der Waals surface area contributed by atoms with Crippen molar-refractivity contribution in [3.05, 3.63) is 58.4 Å². The van der Waals surface area contributed by atoms with Gasteiger partial charge in [-0.1, -0.05) is 29.5 Å². The van der Waals surface area contributed by atoms with Crippen molar-refractivity contribution >= 4 is 62.8 Å². The Morgan fingerprint density at radius 3 is 2.59 bits per heavy atom. The van der Waals surface area contributed by atoms with E-state index < -0.39 is 17.8 Å². The number of thiazole rings is 1. The van der Waals surface area contributed by atoms with Crippen LogP contribution in [0.1, 0.15) is 29.8 Å². The van der Waals surface area contributed by atoms with Crippen molar-refractivity contribution in [1.82, 2.24) is 4.57 Å². The number of rotatable bonds is 9. The molecule has 1 aliphatic rings. The molecule has 0 atom stereocenters. The Morgan fingerprint density at radius 2 is 1.81 bits per heavy atom. The molecule has 3 aromatic rings. The smallest absolute Gasteiger partial charge is 0.338 e. The number of anilines is 1. The summed E-state index contributed by atoms with van der Waals surface area (Å²) in [5.41, 5.74) is 3.09. The third kappa shape index (κ3) is 6.28. The van der Waals surface area contributed by atoms with Crippen molar-refractivity contribution < 1.29 is 28.7 Å². The number of carbonyl (C=O) groups is 4. The van der Waals surface area contributed by atoms with Crippen LogP contribution in [0.15, 0.2) is 47.5 Å². The van der Waals surface area contributed by atoms with Gasteiger partial charge in [-0.3, -0.25) is 14.4 Å². The van der Waals surface area contributed by atoms with Crippen LogP contribution in [0.5, 0.6) is 0 Å². The summed E-state index contributed by atoms with van der Waals surface area (Å²) < 4.78 is 12.4. The summed E-state index contributed by atoms with van der Waals surface area (Å²) in [5.74, 6) is -1.21. The van der Waals surface area contributed by atoms with Gasteiger partial charge in [0.15, 0.2) is 4.80 Å². The molecule has 1 aromatic heterocycles. The second kappa shape index (κ2) is 12.2. The molecule has 2 aromatic carbocycles. The van der Waals surface area contributed by atoms with Crippen LogP contribution in [0.4, 0.5) is 5.69 Å². The molecule has 4 rings (SSSR count). The Kier molecular flexibility index (Phi) is 8.78. The minimum atomic E-state index is -0.462. The fraction of sp³-hybridized carbons (Fsp3) is 0.346. The lowest BCUT2D eigenvalue weighted by Gasteiger charge is -2.16. The first-order valence-electron chi connectivity index (χ1n) is 11.9. The monoisotopic (exact) mass is 541 g/mol. The quantitative estimate of drug-likeness (QED) is 0.383. The molecule has 1 aliphatic heterocycles. The van der Waals surface area contributed by atoms with Crippen molar-refractivity contribution in [3.63, 3.8) is 0 Å². The fourth-order valence-corrected chi connectivity index (χ4v) is 5.79. The number of hydrogen-bond acceptors (Lipinski definition) is 8. The predicted octanol–water partition coefficient (Wildman–Crippen LogP) is 3.19. The van der Waals surface area contributed by atoms with Gasteiger partial charge in [-0.15, -0.1) is 11.8 Å². The van der Waals surface area contributed by atoms with Gasteiger partial charge in [0.2, 0.25) is 5.91 Å². The Bertz CT molecular complexity index is 1410. The van der Waals surface area contributed by atoms with E-state index in [1.807, 2.05) is 24.3 Å². The predicted molar refractivity (Wildman–Crippen MR) is 143 cm³/mol. The zero-order chi connectivity index (χ0) is 26.4. The molecule has 0 radical (unpaired) electrons. The Balaban J connectivity index is 1.50. The van der Waals surface area contributed by atoms with E-state index in [2.05, 4.69) is 4.99 Å². The molecule has 194 valence electrons. The summed E-state index contributed by atoms with van der Waals surface area (Å²) in [5, 5.41) is 0. The molecule has 0 unspecified atom stereocenters. The first kappa shape index (κ1) is 26.6. The highest BCUT2D eigenvalue weighted by molar-refractivity contribution is 8.00. The third-order valence-electron chi connectivity index (χ3n) is 5.65. The van der Waals surface area contributed by atoms with Crippen LogP contribution in [-0.2, 0) is 36.8 Å². The average molecular weight is 542 g/mol. The van der Waals surface area contributed by atoms with Crippen molar-refractivity contribution in [3.8, 4) is 0 Å². The molecule has 9 nitrogen and oxygen atoms in total. The van der Waals surface area contributed by atoms with Crippen LogP contribution in [-0.4, -0.2) is 59.6 Å². The number of para-hydroxylation sites is 1. The Morgan fingerprint density at radius 1 is 1.03 bits per heavy atom. The van der Waals surface area contributed by atoms with E-state index in [0.29, 0.717) is 27.1 Å². The van der Waals surface area contributed by atoms with Crippen LogP contribution < -0.4 is 9.70 Å². The highest BCUT2D eigenvalue weighted by Gasteiger charge is 2.24. The summed E-state index contributed by atoms with van der Waals surface area (Å²) in [6, 6.07) is 12.8. The SMILES string of the molecule is CCOC(=O)Cn1c(=NC(=O)CSCC(=O)N2CCc3ccccc32)sc2cc(C(=O)OCC)ccc21. The van der Waals surface area contributed by atoms with Gasteiger partial charge < -0.3 is 18.9 Å². The van der Waals surface area contributed by atoms with E-state index in [1.165, 1.54) is 23.1 Å². The van der Waals surface area contributed by atoms with Crippen LogP contribution in [0, 0.1) is 0 Å². The number of carbonyl (C=O) groups excluding carboxylic acids is 4. The molecule has 0 bridgehead atoms. The molecule has 0 N–H and O–H groups in total. The molecule has 0 saturated heterocycles. The summed E-state index contributed by atoms with van der Waals surface area (Å²) in [6.45, 7) is 4.44. The van der Waals surface area contributed by atoms with Crippen molar-refractivity contribution in [2.24, 2.45) is 4.99 Å². The lowest BCUT2D eigenvalue weighted by Crippen LogP contribution is -2.30. The molecular weight excluding hydrogens is 514 g/mol. The summed E-state index contributed by atoms with van der Waals surface area (Å²) >= 11 is 2.39. The minimum absolute atomic E-state index is 0.0168. The minimum Gasteiger partial charge on any atom is -0.465 e. The maximum absolute atomic E-state index is 12.7. The van der Waals surface area contributed by atoms with Crippen LogP contribution in [0.25, 0.3) is 10.2 Å². The van der Waals surface area contributed by atoms with E-state index in [-0.39, 0.29) is 37.2 Å². The molecule has 11 heteroatoms. The van der Waals surface area contributed by atoms with Crippen molar-refractivity contribution in [2.45, 2.75) is 26.8 Å². The first-order chi connectivity index (χ1) is 17.9. The zero-order valence-electron chi connectivity index (χ0n) is 20.6. The fourth-order valence-electron chi connectivity index (χ4n) is 4.03. The summed E-state index contributed by atoms with van der Waals surface area (Å²) in [7, 11) is 0. The summed E-state index contributed by atoms with van der Waals surface area (Å²) in [6.07, 6.45) is 0.825. The first-order valence-corrected chi connectivity index (χ1v) is 13.9. The number of esters is 2. The maximum atomic E-state index is 12.7. The topological polar surface area (TPSA) is 107 Å². The standard InChI is InChI=1S/C26H27N3O6S2/c1-3-34-24(32)14-29-20-10-9-18(25(33)35-4-2)13-21(20)37-26(29)27-22(30)15-36-16-23(31)28-12-11-17-7-5-6-8-19(17)28/h5-10,13H,3-4,11-12,14-16H2,1-2H3. The molecule has 37 heavy (non-hydrogen) atoms.